The molecular weight excluding hydrogens is 282 g/mol. The lowest BCUT2D eigenvalue weighted by atomic mass is 9.56. The summed E-state index contributed by atoms with van der Waals surface area (Å²) in [6, 6.07) is 0. The summed E-state index contributed by atoms with van der Waals surface area (Å²) in [4.78, 5) is 0. The molecule has 0 spiro atoms. The second kappa shape index (κ2) is 10.7. The van der Waals surface area contributed by atoms with Crippen LogP contribution in [0.1, 0.15) is 118 Å². The smallest absolute Gasteiger partial charge is 0.0516 e. The van der Waals surface area contributed by atoms with E-state index in [4.69, 9.17) is 0 Å². The molecule has 1 rings (SSSR count). The van der Waals surface area contributed by atoms with Gasteiger partial charge >= 0.3 is 0 Å². The molecule has 138 valence electrons. The molecular formula is C21H43NO. The highest BCUT2D eigenvalue weighted by Gasteiger charge is 2.54. The van der Waals surface area contributed by atoms with Crippen LogP contribution >= 0.6 is 0 Å². The van der Waals surface area contributed by atoms with Gasteiger partial charge in [0.15, 0.2) is 0 Å². The number of unbranched alkanes of at least 4 members (excludes halogenated alkanes) is 4. The second-order valence-corrected chi connectivity index (χ2v) is 7.95. The van der Waals surface area contributed by atoms with E-state index in [0.29, 0.717) is 5.41 Å². The van der Waals surface area contributed by atoms with Gasteiger partial charge in [-0.05, 0) is 43.9 Å². The highest BCUT2D eigenvalue weighted by molar-refractivity contribution is 5.06. The van der Waals surface area contributed by atoms with Crippen LogP contribution in [-0.4, -0.2) is 22.4 Å². The third-order valence-electron chi connectivity index (χ3n) is 6.41. The molecule has 0 aliphatic carbocycles. The van der Waals surface area contributed by atoms with Crippen LogP contribution in [0.5, 0.6) is 0 Å². The fourth-order valence-electron chi connectivity index (χ4n) is 5.01. The van der Waals surface area contributed by atoms with E-state index < -0.39 is 0 Å². The predicted molar refractivity (Wildman–Crippen MR) is 101 cm³/mol. The van der Waals surface area contributed by atoms with Crippen LogP contribution in [0.3, 0.4) is 0 Å². The molecule has 1 saturated heterocycles. The molecule has 1 fully saturated rings. The van der Waals surface area contributed by atoms with E-state index in [1.807, 2.05) is 5.06 Å². The zero-order chi connectivity index (χ0) is 17.2. The Labute approximate surface area is 146 Å². The first kappa shape index (κ1) is 21.0. The fraction of sp³-hybridized carbons (Fsp3) is 1.00. The molecule has 0 aromatic carbocycles. The second-order valence-electron chi connectivity index (χ2n) is 7.95. The van der Waals surface area contributed by atoms with Gasteiger partial charge in [-0.15, -0.1) is 0 Å². The van der Waals surface area contributed by atoms with E-state index in [9.17, 15) is 5.21 Å². The van der Waals surface area contributed by atoms with Crippen molar-refractivity contribution in [2.24, 2.45) is 5.41 Å². The third-order valence-corrected chi connectivity index (χ3v) is 6.41. The molecule has 1 aliphatic rings. The molecule has 0 amide bonds. The first-order chi connectivity index (χ1) is 11.1. The zero-order valence-corrected chi connectivity index (χ0v) is 16.5. The largest absolute Gasteiger partial charge is 0.313 e. The Morgan fingerprint density at radius 3 is 1.61 bits per heavy atom. The number of hydrogen-bond acceptors (Lipinski definition) is 2. The Kier molecular flexibility index (Phi) is 9.77. The summed E-state index contributed by atoms with van der Waals surface area (Å²) in [6.45, 7) is 10.1. The Hall–Kier alpha value is -0.0800. The van der Waals surface area contributed by atoms with Crippen LogP contribution in [0.15, 0.2) is 0 Å². The molecule has 2 heteroatoms. The van der Waals surface area contributed by atoms with Crippen LogP contribution in [0, 0.1) is 5.41 Å². The summed E-state index contributed by atoms with van der Waals surface area (Å²) in [5, 5.41) is 12.9. The minimum absolute atomic E-state index is 0.0433. The van der Waals surface area contributed by atoms with E-state index in [2.05, 4.69) is 27.7 Å². The van der Waals surface area contributed by atoms with Crippen molar-refractivity contribution in [3.05, 3.63) is 0 Å². The summed E-state index contributed by atoms with van der Waals surface area (Å²) in [7, 11) is 0. The molecule has 0 saturated carbocycles. The molecule has 0 atom stereocenters. The predicted octanol–water partition coefficient (Wildman–Crippen LogP) is 6.96. The molecule has 1 aliphatic heterocycles. The average Bonchev–Trinajstić information content (AvgIpc) is 2.57. The van der Waals surface area contributed by atoms with Crippen molar-refractivity contribution < 1.29 is 5.21 Å². The molecule has 0 radical (unpaired) electrons. The van der Waals surface area contributed by atoms with E-state index >= 15 is 0 Å². The van der Waals surface area contributed by atoms with Crippen molar-refractivity contribution in [2.75, 3.05) is 6.54 Å². The number of nitrogens with zero attached hydrogens (tertiary/aromatic N) is 1. The van der Waals surface area contributed by atoms with Gasteiger partial charge in [0.05, 0.1) is 5.54 Å². The summed E-state index contributed by atoms with van der Waals surface area (Å²) in [5.74, 6) is 0. The van der Waals surface area contributed by atoms with E-state index in [0.717, 1.165) is 6.54 Å². The van der Waals surface area contributed by atoms with Crippen LogP contribution in [0.4, 0.5) is 0 Å². The number of piperidine rings is 1. The summed E-state index contributed by atoms with van der Waals surface area (Å²) < 4.78 is 0. The Balaban J connectivity index is 3.16. The highest BCUT2D eigenvalue weighted by Crippen LogP contribution is 2.55. The molecule has 0 aromatic heterocycles. The zero-order valence-electron chi connectivity index (χ0n) is 16.5. The topological polar surface area (TPSA) is 23.5 Å². The molecule has 23 heavy (non-hydrogen) atoms. The van der Waals surface area contributed by atoms with Crippen LogP contribution in [-0.2, 0) is 0 Å². The third kappa shape index (κ3) is 4.95. The van der Waals surface area contributed by atoms with Gasteiger partial charge in [0.1, 0.15) is 0 Å². The van der Waals surface area contributed by atoms with Crippen molar-refractivity contribution in [1.82, 2.24) is 5.06 Å². The van der Waals surface area contributed by atoms with E-state index in [1.165, 1.54) is 89.9 Å². The van der Waals surface area contributed by atoms with Crippen molar-refractivity contribution in [3.63, 3.8) is 0 Å². The first-order valence-corrected chi connectivity index (χ1v) is 10.6. The van der Waals surface area contributed by atoms with E-state index in [1.54, 1.807) is 0 Å². The lowest BCUT2D eigenvalue weighted by Gasteiger charge is -2.58. The average molecular weight is 326 g/mol. The fourth-order valence-corrected chi connectivity index (χ4v) is 5.01. The number of hydrogen-bond donors (Lipinski definition) is 1. The summed E-state index contributed by atoms with van der Waals surface area (Å²) in [5.41, 5.74) is 0.387. The van der Waals surface area contributed by atoms with Gasteiger partial charge in [0.25, 0.3) is 0 Å². The maximum Gasteiger partial charge on any atom is 0.0516 e. The van der Waals surface area contributed by atoms with Gasteiger partial charge < -0.3 is 5.21 Å². The summed E-state index contributed by atoms with van der Waals surface area (Å²) in [6.07, 6.45) is 17.7. The SMILES string of the molecule is CCCCC1(CCCC)CCCN(O)C1(CCCC)CCCC. The minimum atomic E-state index is 0.0433. The molecule has 2 nitrogen and oxygen atoms in total. The van der Waals surface area contributed by atoms with Gasteiger partial charge in [0.2, 0.25) is 0 Å². The van der Waals surface area contributed by atoms with Gasteiger partial charge in [-0.3, -0.25) is 0 Å². The van der Waals surface area contributed by atoms with Crippen LogP contribution < -0.4 is 0 Å². The minimum Gasteiger partial charge on any atom is -0.313 e. The standard InChI is InChI=1S/C21H43NO/c1-5-9-14-20(15-10-6-2)16-13-19-22(23)21(20,17-11-7-3)18-12-8-4/h23H,5-19H2,1-4H3. The Morgan fingerprint density at radius 1 is 0.739 bits per heavy atom. The normalized spacial score (nSPS) is 20.7. The number of rotatable bonds is 12. The van der Waals surface area contributed by atoms with Gasteiger partial charge in [0, 0.05) is 6.54 Å². The van der Waals surface area contributed by atoms with Gasteiger partial charge in [-0.25, -0.2) is 0 Å². The Bertz CT molecular complexity index is 286. The lowest BCUT2D eigenvalue weighted by molar-refractivity contribution is -0.250. The van der Waals surface area contributed by atoms with Crippen LogP contribution in [0.2, 0.25) is 0 Å². The molecule has 0 aromatic rings. The van der Waals surface area contributed by atoms with Gasteiger partial charge in [-0.1, -0.05) is 79.1 Å². The van der Waals surface area contributed by atoms with Crippen molar-refractivity contribution >= 4 is 0 Å². The highest BCUT2D eigenvalue weighted by atomic mass is 16.5. The number of hydroxylamine groups is 2. The van der Waals surface area contributed by atoms with Crippen molar-refractivity contribution in [1.29, 1.82) is 0 Å². The first-order valence-electron chi connectivity index (χ1n) is 10.6. The van der Waals surface area contributed by atoms with Crippen molar-refractivity contribution in [3.8, 4) is 0 Å². The van der Waals surface area contributed by atoms with E-state index in [-0.39, 0.29) is 5.54 Å². The van der Waals surface area contributed by atoms with Crippen LogP contribution in [0.25, 0.3) is 0 Å². The monoisotopic (exact) mass is 325 g/mol. The van der Waals surface area contributed by atoms with Crippen molar-refractivity contribution in [2.45, 2.75) is 123 Å². The quantitative estimate of drug-likeness (QED) is 0.419. The molecule has 1 N–H and O–H groups in total. The van der Waals surface area contributed by atoms with Gasteiger partial charge in [-0.2, -0.15) is 5.06 Å². The molecule has 0 bridgehead atoms. The summed E-state index contributed by atoms with van der Waals surface area (Å²) >= 11 is 0. The maximum atomic E-state index is 11.0. The Morgan fingerprint density at radius 2 is 1.17 bits per heavy atom. The maximum absolute atomic E-state index is 11.0. The lowest BCUT2D eigenvalue weighted by Crippen LogP contribution is -2.62. The molecule has 1 heterocycles. The molecule has 0 unspecified atom stereocenters.